The molecule has 6 nitrogen and oxygen atoms in total. The van der Waals surface area contributed by atoms with E-state index in [1.165, 1.54) is 143 Å². The largest absolute Gasteiger partial charge is 0.310 e. The quantitative estimate of drug-likeness (QED) is 0.0500. The van der Waals surface area contributed by atoms with Crippen molar-refractivity contribution in [2.24, 2.45) is 0 Å². The lowest BCUT2D eigenvalue weighted by Gasteiger charge is -2.30. The predicted molar refractivity (Wildman–Crippen MR) is 630 cm³/mol. The molecule has 0 bridgehead atoms. The molecule has 0 N–H and O–H groups in total. The zero-order valence-electron chi connectivity index (χ0n) is 85.0. The number of hydrogen-bond donors (Lipinski definition) is 0. The molecule has 0 aliphatic heterocycles. The SMILES string of the molecule is CCc1ccc(N(c2cc(-c3ccc(C)cc3)cc(-c3ccc(C)cc3)c2)c2ccc3ccc4c(N(c5ccc(CC)cc5)c5cc(-c6ccc(C)cc6)cc(-c6ccc(C)cc6)c5)ccc5ccc2c3c54)cc1.[C-]#[N+]c1ccc(N(c2cc(-c3ccc(C)cc3)cc(-c3ccc(C)cc3)c2)c2ccc3ccc4c(N(c5ccc(C#N)cc5)c5cc(-c6ccc(C)cc6)cc(-c6ccc(C)cc6)c5)ccc5ccc2c3c54)cc1. The van der Waals surface area contributed by atoms with Gasteiger partial charge in [-0.15, -0.1) is 0 Å². The molecule has 0 aliphatic carbocycles. The summed E-state index contributed by atoms with van der Waals surface area (Å²) in [4.78, 5) is 13.5. The fourth-order valence-corrected chi connectivity index (χ4v) is 21.4. The molecule has 0 heterocycles. The Balaban J connectivity index is 0.000000163. The minimum atomic E-state index is 0.590. The van der Waals surface area contributed by atoms with E-state index >= 15 is 0 Å². The van der Waals surface area contributed by atoms with Crippen molar-refractivity contribution in [3.05, 3.63) is 534 Å². The smallest absolute Gasteiger partial charge is 0.187 e. The van der Waals surface area contributed by atoms with Crippen LogP contribution in [0.5, 0.6) is 0 Å². The van der Waals surface area contributed by atoms with Crippen molar-refractivity contribution in [1.29, 1.82) is 5.26 Å². The molecule has 0 atom stereocenters. The van der Waals surface area contributed by atoms with E-state index in [1.807, 2.05) is 24.3 Å². The van der Waals surface area contributed by atoms with Crippen molar-refractivity contribution in [3.63, 3.8) is 0 Å². The minimum absolute atomic E-state index is 0.590. The van der Waals surface area contributed by atoms with Gasteiger partial charge in [0.25, 0.3) is 0 Å². The van der Waals surface area contributed by atoms with Gasteiger partial charge in [0.05, 0.1) is 41.0 Å². The van der Waals surface area contributed by atoms with Gasteiger partial charge in [-0.1, -0.05) is 362 Å². The van der Waals surface area contributed by atoms with Crippen LogP contribution in [0.4, 0.5) is 73.9 Å². The maximum absolute atomic E-state index is 9.96. The summed E-state index contributed by atoms with van der Waals surface area (Å²) in [5.74, 6) is 0. The second kappa shape index (κ2) is 39.7. The number of aryl methyl sites for hydroxylation is 10. The third kappa shape index (κ3) is 18.4. The zero-order chi connectivity index (χ0) is 101. The molecule has 24 rings (SSSR count). The van der Waals surface area contributed by atoms with E-state index in [9.17, 15) is 5.26 Å². The van der Waals surface area contributed by atoms with Crippen LogP contribution in [0.25, 0.3) is 158 Å². The van der Waals surface area contributed by atoms with Crippen LogP contribution in [0, 0.1) is 73.3 Å². The number of hydrogen-bond acceptors (Lipinski definition) is 5. The first-order valence-electron chi connectivity index (χ1n) is 51.3. The molecule has 0 unspecified atom stereocenters. The van der Waals surface area contributed by atoms with Crippen molar-refractivity contribution < 1.29 is 0 Å². The van der Waals surface area contributed by atoms with E-state index in [1.54, 1.807) is 0 Å². The molecule has 708 valence electrons. The second-order valence-corrected chi connectivity index (χ2v) is 39.9. The van der Waals surface area contributed by atoms with E-state index in [0.717, 1.165) is 147 Å². The van der Waals surface area contributed by atoms with Crippen LogP contribution in [0.3, 0.4) is 0 Å². The molecular formula is C142H110N6. The van der Waals surface area contributed by atoms with Crippen LogP contribution in [-0.4, -0.2) is 0 Å². The lowest BCUT2D eigenvalue weighted by Crippen LogP contribution is -2.12. The van der Waals surface area contributed by atoms with Gasteiger partial charge in [0.1, 0.15) is 0 Å². The van der Waals surface area contributed by atoms with Crippen LogP contribution >= 0.6 is 0 Å². The number of benzene rings is 24. The Morgan fingerprint density at radius 2 is 0.378 bits per heavy atom. The summed E-state index contributed by atoms with van der Waals surface area (Å²) in [6.07, 6.45) is 1.95. The van der Waals surface area contributed by atoms with Gasteiger partial charge in [0.15, 0.2) is 5.69 Å². The Morgan fingerprint density at radius 3 is 0.561 bits per heavy atom. The summed E-state index contributed by atoms with van der Waals surface area (Å²) in [7, 11) is 0. The van der Waals surface area contributed by atoms with Gasteiger partial charge in [-0.05, 0) is 369 Å². The van der Waals surface area contributed by atoms with Crippen LogP contribution < -0.4 is 19.6 Å². The number of nitriles is 1. The van der Waals surface area contributed by atoms with Crippen molar-refractivity contribution >= 4 is 139 Å². The molecule has 24 aromatic rings. The van der Waals surface area contributed by atoms with Crippen LogP contribution in [0.2, 0.25) is 0 Å². The lowest BCUT2D eigenvalue weighted by molar-refractivity contribution is 1.14. The fourth-order valence-electron chi connectivity index (χ4n) is 21.4. The van der Waals surface area contributed by atoms with Gasteiger partial charge in [-0.25, -0.2) is 4.85 Å². The first-order valence-corrected chi connectivity index (χ1v) is 51.3. The van der Waals surface area contributed by atoms with Crippen molar-refractivity contribution in [2.75, 3.05) is 19.6 Å². The topological polar surface area (TPSA) is 41.1 Å². The number of rotatable bonds is 22. The van der Waals surface area contributed by atoms with Gasteiger partial charge in [0.2, 0.25) is 0 Å². The highest BCUT2D eigenvalue weighted by Gasteiger charge is 2.29. The van der Waals surface area contributed by atoms with Gasteiger partial charge in [-0.3, -0.25) is 0 Å². The van der Waals surface area contributed by atoms with Crippen LogP contribution in [0.15, 0.2) is 461 Å². The third-order valence-corrected chi connectivity index (χ3v) is 29.7. The first kappa shape index (κ1) is 93.2. The Morgan fingerprint density at radius 1 is 0.196 bits per heavy atom. The van der Waals surface area contributed by atoms with E-state index < -0.39 is 0 Å². The molecule has 6 heteroatoms. The molecule has 0 aromatic heterocycles. The Hall–Kier alpha value is -18.5. The Bertz CT molecular complexity index is 8380. The number of nitrogens with zero attached hydrogens (tertiary/aromatic N) is 6. The molecule has 0 saturated heterocycles. The van der Waals surface area contributed by atoms with Gasteiger partial charge < -0.3 is 19.6 Å². The summed E-state index contributed by atoms with van der Waals surface area (Å²) in [6.45, 7) is 29.4. The first-order chi connectivity index (χ1) is 72.3. The normalized spacial score (nSPS) is 11.4. The van der Waals surface area contributed by atoms with E-state index in [2.05, 4.69) is 537 Å². The van der Waals surface area contributed by atoms with Crippen molar-refractivity contribution in [1.82, 2.24) is 0 Å². The lowest BCUT2D eigenvalue weighted by atomic mass is 9.91. The second-order valence-electron chi connectivity index (χ2n) is 39.9. The van der Waals surface area contributed by atoms with Crippen LogP contribution in [0.1, 0.15) is 75.0 Å². The highest BCUT2D eigenvalue weighted by atomic mass is 15.2. The Labute approximate surface area is 868 Å². The highest BCUT2D eigenvalue weighted by molar-refractivity contribution is 6.30. The summed E-state index contributed by atoms with van der Waals surface area (Å²) in [5.41, 5.74) is 44.9. The zero-order valence-corrected chi connectivity index (χ0v) is 85.0. The molecule has 0 amide bonds. The average molecular weight is 1900 g/mol. The predicted octanol–water partition coefficient (Wildman–Crippen LogP) is 40.4. The maximum Gasteiger partial charge on any atom is 0.187 e. The van der Waals surface area contributed by atoms with Gasteiger partial charge >= 0.3 is 0 Å². The van der Waals surface area contributed by atoms with Crippen molar-refractivity contribution in [2.45, 2.75) is 82.1 Å². The highest BCUT2D eigenvalue weighted by Crippen LogP contribution is 2.54. The molecule has 0 radical (unpaired) electrons. The van der Waals surface area contributed by atoms with Gasteiger partial charge in [-0.2, -0.15) is 5.26 Å². The maximum atomic E-state index is 9.96. The molecule has 0 saturated carbocycles. The van der Waals surface area contributed by atoms with Crippen LogP contribution in [-0.2, 0) is 12.8 Å². The van der Waals surface area contributed by atoms with E-state index in [0.29, 0.717) is 11.3 Å². The van der Waals surface area contributed by atoms with E-state index in [-0.39, 0.29) is 0 Å². The molecule has 24 aromatic carbocycles. The number of anilines is 12. The summed E-state index contributed by atoms with van der Waals surface area (Å²) in [6, 6.07) is 172. The molecule has 0 fully saturated rings. The minimum Gasteiger partial charge on any atom is -0.310 e. The van der Waals surface area contributed by atoms with Crippen molar-refractivity contribution in [3.8, 4) is 95.1 Å². The third-order valence-electron chi connectivity index (χ3n) is 29.7. The van der Waals surface area contributed by atoms with Gasteiger partial charge in [0, 0.05) is 67.0 Å². The average Bonchev–Trinajstić information content (AvgIpc) is 0.719. The summed E-state index contributed by atoms with van der Waals surface area (Å²) < 4.78 is 0. The van der Waals surface area contributed by atoms with E-state index in [4.69, 9.17) is 6.57 Å². The standard InChI is InChI=1S/C72H60N2.C70H50N4/c1-7-51-17-33-63(34-18-51)73(65-43-59(53-21-9-47(3)10-22-53)41-60(44-65)54-23-11-48(4)12-24-54)69-39-31-57-30-38-68-70(40-32-58-29-37-67(69)71(57)72(58)68)74(64-35-19-52(8-2)20-36-64)66-45-61(55-25-13-49(5)14-26-55)42-62(46-66)56-27-15-50(6)16-28-56;1-45-6-16-50(17-7-45)56-38-57(51-18-8-46(2)9-19-51)41-63(40-56)73(61-30-14-49(44-71)15-31-61)67-36-26-54-25-35-66-68(37-27-55-24-34-65(67)69(54)70(55)66)74(62-32-28-60(72-5)29-33-62)64-42-58(52-20-10-47(3)11-21-52)39-59(43-64)53-22-12-48(4)13-23-53/h9-46H,7-8H2,1-6H3;6-43H,1-4H3. The molecular weight excluding hydrogens is 1790 g/mol. The fraction of sp³-hybridized carbons (Fsp3) is 0.0845. The monoisotopic (exact) mass is 1900 g/mol. The summed E-state index contributed by atoms with van der Waals surface area (Å²) >= 11 is 0. The molecule has 0 aliphatic rings. The Kier molecular flexibility index (Phi) is 25.0. The summed E-state index contributed by atoms with van der Waals surface area (Å²) in [5, 5.41) is 24.2. The molecule has 148 heavy (non-hydrogen) atoms. The molecule has 0 spiro atoms.